The van der Waals surface area contributed by atoms with Crippen LogP contribution in [0, 0.1) is 0 Å². The van der Waals surface area contributed by atoms with E-state index >= 15 is 0 Å². The quantitative estimate of drug-likeness (QED) is 0.778. The summed E-state index contributed by atoms with van der Waals surface area (Å²) < 4.78 is 10.0. The molecule has 2 rings (SSSR count). The molecule has 0 unspecified atom stereocenters. The van der Waals surface area contributed by atoms with E-state index in [1.165, 1.54) is 13.3 Å². The Bertz CT molecular complexity index is 575. The smallest absolute Gasteiger partial charge is 0.410 e. The molecule has 2 heterocycles. The summed E-state index contributed by atoms with van der Waals surface area (Å²) in [7, 11) is 1.32. The number of amides is 1. The molecule has 1 aliphatic rings. The number of carbonyl (C=O) groups excluding carboxylic acids is 2. The van der Waals surface area contributed by atoms with Crippen molar-refractivity contribution < 1.29 is 19.1 Å². The highest BCUT2D eigenvalue weighted by atomic mass is 16.6. The van der Waals surface area contributed by atoms with E-state index in [2.05, 4.69) is 14.7 Å². The van der Waals surface area contributed by atoms with Gasteiger partial charge in [-0.05, 0) is 33.6 Å². The molecule has 126 valence electrons. The van der Waals surface area contributed by atoms with E-state index in [-0.39, 0.29) is 17.7 Å². The predicted molar refractivity (Wildman–Crippen MR) is 83.2 cm³/mol. The van der Waals surface area contributed by atoms with Gasteiger partial charge in [0.05, 0.1) is 19.0 Å². The number of carbonyl (C=O) groups is 2. The van der Waals surface area contributed by atoms with Crippen LogP contribution < -0.4 is 0 Å². The molecule has 7 heteroatoms. The summed E-state index contributed by atoms with van der Waals surface area (Å²) in [6.07, 6.45) is 4.30. The van der Waals surface area contributed by atoms with Crippen molar-refractivity contribution in [3.63, 3.8) is 0 Å². The molecule has 1 saturated heterocycles. The van der Waals surface area contributed by atoms with Gasteiger partial charge in [-0.1, -0.05) is 0 Å². The first kappa shape index (κ1) is 17.2. The van der Waals surface area contributed by atoms with Crippen molar-refractivity contribution in [3.05, 3.63) is 23.8 Å². The van der Waals surface area contributed by atoms with E-state index in [0.29, 0.717) is 13.1 Å². The molecule has 0 bridgehead atoms. The lowest BCUT2D eigenvalue weighted by Crippen LogP contribution is -2.41. The molecule has 0 radical (unpaired) electrons. The zero-order valence-corrected chi connectivity index (χ0v) is 14.0. The molecule has 0 atom stereocenters. The fourth-order valence-electron chi connectivity index (χ4n) is 2.46. The molecule has 1 aromatic rings. The van der Waals surface area contributed by atoms with Crippen molar-refractivity contribution in [1.82, 2.24) is 14.9 Å². The Kier molecular flexibility index (Phi) is 5.18. The normalized spacial score (nSPS) is 16.1. The number of aromatic nitrogens is 2. The molecule has 1 aromatic heterocycles. The van der Waals surface area contributed by atoms with Gasteiger partial charge in [0.15, 0.2) is 5.69 Å². The molecule has 1 amide bonds. The highest BCUT2D eigenvalue weighted by Gasteiger charge is 2.28. The zero-order chi connectivity index (χ0) is 17.0. The van der Waals surface area contributed by atoms with Crippen molar-refractivity contribution in [3.8, 4) is 0 Å². The monoisotopic (exact) mass is 321 g/mol. The Morgan fingerprint density at radius 1 is 1.22 bits per heavy atom. The lowest BCUT2D eigenvalue weighted by molar-refractivity contribution is 0.0204. The van der Waals surface area contributed by atoms with E-state index in [1.807, 2.05) is 20.8 Å². The number of esters is 1. The minimum Gasteiger partial charge on any atom is -0.464 e. The third kappa shape index (κ3) is 4.64. The largest absolute Gasteiger partial charge is 0.464 e. The summed E-state index contributed by atoms with van der Waals surface area (Å²) >= 11 is 0. The van der Waals surface area contributed by atoms with Gasteiger partial charge in [-0.15, -0.1) is 0 Å². The average Bonchev–Trinajstić information content (AvgIpc) is 2.53. The summed E-state index contributed by atoms with van der Waals surface area (Å²) in [5.74, 6) is -0.323. The number of nitrogens with zero attached hydrogens (tertiary/aromatic N) is 3. The number of methoxy groups -OCH3 is 1. The van der Waals surface area contributed by atoms with Gasteiger partial charge in [0, 0.05) is 25.2 Å². The lowest BCUT2D eigenvalue weighted by atomic mass is 9.94. The maximum absolute atomic E-state index is 12.1. The molecular formula is C16H23N3O4. The molecule has 1 aliphatic heterocycles. The first-order chi connectivity index (χ1) is 10.8. The first-order valence-electron chi connectivity index (χ1n) is 7.68. The molecular weight excluding hydrogens is 298 g/mol. The Labute approximate surface area is 136 Å². The van der Waals surface area contributed by atoms with Gasteiger partial charge in [-0.25, -0.2) is 14.6 Å². The first-order valence-corrected chi connectivity index (χ1v) is 7.68. The van der Waals surface area contributed by atoms with Crippen LogP contribution in [0.3, 0.4) is 0 Å². The molecule has 23 heavy (non-hydrogen) atoms. The van der Waals surface area contributed by atoms with Crippen LogP contribution >= 0.6 is 0 Å². The second-order valence-corrected chi connectivity index (χ2v) is 6.56. The molecule has 7 nitrogen and oxygen atoms in total. The van der Waals surface area contributed by atoms with Gasteiger partial charge in [-0.3, -0.25) is 4.98 Å². The third-order valence-electron chi connectivity index (χ3n) is 3.61. The summed E-state index contributed by atoms with van der Waals surface area (Å²) in [5.41, 5.74) is 0.477. The summed E-state index contributed by atoms with van der Waals surface area (Å²) in [4.78, 5) is 33.7. The van der Waals surface area contributed by atoms with Crippen LogP contribution in [0.4, 0.5) is 4.79 Å². The predicted octanol–water partition coefficient (Wildman–Crippen LogP) is 2.38. The van der Waals surface area contributed by atoms with Gasteiger partial charge in [0.25, 0.3) is 0 Å². The van der Waals surface area contributed by atoms with Crippen molar-refractivity contribution in [2.75, 3.05) is 20.2 Å². The molecule has 1 fully saturated rings. The van der Waals surface area contributed by atoms with E-state index < -0.39 is 11.6 Å². The van der Waals surface area contributed by atoms with Crippen molar-refractivity contribution >= 4 is 12.1 Å². The number of ether oxygens (including phenoxy) is 2. The van der Waals surface area contributed by atoms with Gasteiger partial charge < -0.3 is 14.4 Å². The second kappa shape index (κ2) is 6.93. The average molecular weight is 321 g/mol. The molecule has 0 saturated carbocycles. The maximum Gasteiger partial charge on any atom is 0.410 e. The highest BCUT2D eigenvalue weighted by Crippen LogP contribution is 2.27. The topological polar surface area (TPSA) is 81.6 Å². The number of rotatable bonds is 2. The number of piperidine rings is 1. The Morgan fingerprint density at radius 3 is 2.43 bits per heavy atom. The highest BCUT2D eigenvalue weighted by molar-refractivity contribution is 5.86. The van der Waals surface area contributed by atoms with E-state index in [4.69, 9.17) is 4.74 Å². The van der Waals surface area contributed by atoms with Crippen LogP contribution in [-0.2, 0) is 9.47 Å². The Morgan fingerprint density at radius 2 is 1.87 bits per heavy atom. The van der Waals surface area contributed by atoms with E-state index in [0.717, 1.165) is 18.5 Å². The maximum atomic E-state index is 12.1. The van der Waals surface area contributed by atoms with Gasteiger partial charge in [0.2, 0.25) is 0 Å². The van der Waals surface area contributed by atoms with Crippen LogP contribution in [0.2, 0.25) is 0 Å². The van der Waals surface area contributed by atoms with Crippen molar-refractivity contribution in [2.45, 2.75) is 45.1 Å². The van der Waals surface area contributed by atoms with Crippen LogP contribution in [0.1, 0.15) is 55.7 Å². The zero-order valence-electron chi connectivity index (χ0n) is 14.0. The van der Waals surface area contributed by atoms with E-state index in [9.17, 15) is 9.59 Å². The van der Waals surface area contributed by atoms with Crippen molar-refractivity contribution in [2.24, 2.45) is 0 Å². The minimum atomic E-state index is -0.495. The summed E-state index contributed by atoms with van der Waals surface area (Å²) in [5, 5.41) is 0. The molecule has 0 N–H and O–H groups in total. The van der Waals surface area contributed by atoms with Crippen molar-refractivity contribution in [1.29, 1.82) is 0 Å². The Hall–Kier alpha value is -2.18. The standard InChI is InChI=1S/C16H23N3O4/c1-16(2,3)23-15(21)19-7-5-11(6-8-19)12-9-17-10-13(18-12)14(20)22-4/h9-11H,5-8H2,1-4H3. The molecule has 0 aliphatic carbocycles. The second-order valence-electron chi connectivity index (χ2n) is 6.56. The van der Waals surface area contributed by atoms with Gasteiger partial charge in [-0.2, -0.15) is 0 Å². The molecule has 0 spiro atoms. The SMILES string of the molecule is COC(=O)c1cncc(C2CCN(C(=O)OC(C)(C)C)CC2)n1. The van der Waals surface area contributed by atoms with Gasteiger partial charge in [0.1, 0.15) is 5.60 Å². The third-order valence-corrected chi connectivity index (χ3v) is 3.61. The number of likely N-dealkylation sites (tertiary alicyclic amines) is 1. The van der Waals surface area contributed by atoms with Crippen LogP contribution in [0.5, 0.6) is 0 Å². The minimum absolute atomic E-state index is 0.172. The summed E-state index contributed by atoms with van der Waals surface area (Å²) in [6, 6.07) is 0. The van der Waals surface area contributed by atoms with Crippen LogP contribution in [0.15, 0.2) is 12.4 Å². The fourth-order valence-corrected chi connectivity index (χ4v) is 2.46. The number of hydrogen-bond donors (Lipinski definition) is 0. The summed E-state index contributed by atoms with van der Waals surface area (Å²) in [6.45, 7) is 6.76. The lowest BCUT2D eigenvalue weighted by Gasteiger charge is -2.33. The van der Waals surface area contributed by atoms with Gasteiger partial charge >= 0.3 is 12.1 Å². The number of hydrogen-bond acceptors (Lipinski definition) is 6. The van der Waals surface area contributed by atoms with E-state index in [1.54, 1.807) is 11.1 Å². The fraction of sp³-hybridized carbons (Fsp3) is 0.625. The molecule has 0 aromatic carbocycles. The van der Waals surface area contributed by atoms with Crippen LogP contribution in [0.25, 0.3) is 0 Å². The Balaban J connectivity index is 1.97. The van der Waals surface area contributed by atoms with Crippen LogP contribution in [-0.4, -0.2) is 52.7 Å².